The Labute approximate surface area is 98.3 Å². The number of carbonyl (C=O) groups is 2. The summed E-state index contributed by atoms with van der Waals surface area (Å²) in [4.78, 5) is 23.2. The Morgan fingerprint density at radius 3 is 2.76 bits per heavy atom. The highest BCUT2D eigenvalue weighted by Crippen LogP contribution is 2.46. The Morgan fingerprint density at radius 1 is 1.59 bits per heavy atom. The lowest BCUT2D eigenvalue weighted by Crippen LogP contribution is -2.35. The van der Waals surface area contributed by atoms with E-state index >= 15 is 0 Å². The number of carbonyl (C=O) groups excluding carboxylic acids is 2. The standard InChI is InChI=1S/C11H14N2O4/c1-7-8(5-17-13-7)9(14)12-6-11(3-4-11)10(15)16-2/h5H,3-4,6H2,1-2H3,(H,12,14). The molecule has 17 heavy (non-hydrogen) atoms. The van der Waals surface area contributed by atoms with Crippen LogP contribution < -0.4 is 5.32 Å². The second-order valence-electron chi connectivity index (χ2n) is 4.27. The van der Waals surface area contributed by atoms with Gasteiger partial charge in [-0.1, -0.05) is 5.16 Å². The molecule has 6 heteroatoms. The number of methoxy groups -OCH3 is 1. The maximum Gasteiger partial charge on any atom is 0.313 e. The van der Waals surface area contributed by atoms with E-state index in [1.165, 1.54) is 13.4 Å². The van der Waals surface area contributed by atoms with Crippen LogP contribution in [-0.4, -0.2) is 30.7 Å². The van der Waals surface area contributed by atoms with Gasteiger partial charge in [-0.2, -0.15) is 0 Å². The molecule has 1 amide bonds. The van der Waals surface area contributed by atoms with Crippen molar-refractivity contribution in [3.8, 4) is 0 Å². The third kappa shape index (κ3) is 2.15. The first kappa shape index (κ1) is 11.6. The predicted octanol–water partition coefficient (Wildman–Crippen LogP) is 0.666. The topological polar surface area (TPSA) is 81.4 Å². The molecule has 1 aliphatic carbocycles. The van der Waals surface area contributed by atoms with E-state index in [-0.39, 0.29) is 11.9 Å². The SMILES string of the molecule is COC(=O)C1(CNC(=O)c2conc2C)CC1. The van der Waals surface area contributed by atoms with E-state index in [9.17, 15) is 9.59 Å². The minimum absolute atomic E-state index is 0.264. The third-order valence-corrected chi connectivity index (χ3v) is 3.05. The van der Waals surface area contributed by atoms with E-state index < -0.39 is 5.41 Å². The van der Waals surface area contributed by atoms with Gasteiger partial charge in [-0.3, -0.25) is 9.59 Å². The van der Waals surface area contributed by atoms with E-state index in [4.69, 9.17) is 4.74 Å². The van der Waals surface area contributed by atoms with Crippen LogP contribution in [0.25, 0.3) is 0 Å². The molecule has 1 N–H and O–H groups in total. The fourth-order valence-electron chi connectivity index (χ4n) is 1.68. The Hall–Kier alpha value is -1.85. The van der Waals surface area contributed by atoms with Crippen molar-refractivity contribution in [3.05, 3.63) is 17.5 Å². The van der Waals surface area contributed by atoms with Crippen molar-refractivity contribution in [3.63, 3.8) is 0 Å². The van der Waals surface area contributed by atoms with Gasteiger partial charge in [0.25, 0.3) is 5.91 Å². The zero-order valence-electron chi connectivity index (χ0n) is 9.78. The Balaban J connectivity index is 1.94. The molecule has 1 fully saturated rings. The number of aryl methyl sites for hydroxylation is 1. The van der Waals surface area contributed by atoms with Crippen molar-refractivity contribution in [2.75, 3.05) is 13.7 Å². The second-order valence-corrected chi connectivity index (χ2v) is 4.27. The highest BCUT2D eigenvalue weighted by molar-refractivity contribution is 5.95. The minimum atomic E-state index is -0.518. The van der Waals surface area contributed by atoms with Gasteiger partial charge in [0.05, 0.1) is 18.2 Å². The van der Waals surface area contributed by atoms with Gasteiger partial charge in [-0.25, -0.2) is 0 Å². The van der Waals surface area contributed by atoms with Gasteiger partial charge in [-0.05, 0) is 19.8 Å². The quantitative estimate of drug-likeness (QED) is 0.779. The lowest BCUT2D eigenvalue weighted by Gasteiger charge is -2.12. The highest BCUT2D eigenvalue weighted by atomic mass is 16.5. The molecule has 2 rings (SSSR count). The molecule has 1 aliphatic rings. The molecule has 1 aromatic rings. The van der Waals surface area contributed by atoms with E-state index in [0.29, 0.717) is 17.8 Å². The monoisotopic (exact) mass is 238 g/mol. The summed E-state index contributed by atoms with van der Waals surface area (Å²) < 4.78 is 9.38. The molecule has 0 aliphatic heterocycles. The highest BCUT2D eigenvalue weighted by Gasteiger charge is 2.51. The Bertz CT molecular complexity index is 448. The first-order valence-electron chi connectivity index (χ1n) is 5.37. The zero-order valence-corrected chi connectivity index (χ0v) is 9.78. The van der Waals surface area contributed by atoms with E-state index in [1.807, 2.05) is 0 Å². The molecule has 0 aromatic carbocycles. The average molecular weight is 238 g/mol. The van der Waals surface area contributed by atoms with Crippen LogP contribution in [-0.2, 0) is 9.53 Å². The van der Waals surface area contributed by atoms with Gasteiger partial charge < -0.3 is 14.6 Å². The van der Waals surface area contributed by atoms with Crippen LogP contribution in [0.1, 0.15) is 28.9 Å². The van der Waals surface area contributed by atoms with Crippen LogP contribution in [0.3, 0.4) is 0 Å². The molecule has 0 radical (unpaired) electrons. The van der Waals surface area contributed by atoms with Gasteiger partial charge in [-0.15, -0.1) is 0 Å². The largest absolute Gasteiger partial charge is 0.469 e. The van der Waals surface area contributed by atoms with Crippen molar-refractivity contribution in [2.24, 2.45) is 5.41 Å². The molecular weight excluding hydrogens is 224 g/mol. The number of hydrogen-bond acceptors (Lipinski definition) is 5. The molecule has 1 heterocycles. The van der Waals surface area contributed by atoms with Gasteiger partial charge in [0.2, 0.25) is 0 Å². The molecular formula is C11H14N2O4. The molecule has 0 spiro atoms. The molecule has 0 unspecified atom stereocenters. The second kappa shape index (κ2) is 4.20. The summed E-state index contributed by atoms with van der Waals surface area (Å²) in [7, 11) is 1.36. The first-order valence-corrected chi connectivity index (χ1v) is 5.37. The van der Waals surface area contributed by atoms with Crippen LogP contribution in [0.5, 0.6) is 0 Å². The number of aromatic nitrogens is 1. The maximum atomic E-state index is 11.7. The average Bonchev–Trinajstić information content (AvgIpc) is 3.01. The summed E-state index contributed by atoms with van der Waals surface area (Å²) >= 11 is 0. The minimum Gasteiger partial charge on any atom is -0.469 e. The third-order valence-electron chi connectivity index (χ3n) is 3.05. The number of nitrogens with one attached hydrogen (secondary N) is 1. The van der Waals surface area contributed by atoms with Crippen molar-refractivity contribution < 1.29 is 18.8 Å². The number of nitrogens with zero attached hydrogens (tertiary/aromatic N) is 1. The van der Waals surface area contributed by atoms with Crippen molar-refractivity contribution in [2.45, 2.75) is 19.8 Å². The molecule has 0 bridgehead atoms. The van der Waals surface area contributed by atoms with Crippen LogP contribution in [0, 0.1) is 12.3 Å². The van der Waals surface area contributed by atoms with E-state index in [0.717, 1.165) is 12.8 Å². The fraction of sp³-hybridized carbons (Fsp3) is 0.545. The normalized spacial score (nSPS) is 16.4. The van der Waals surface area contributed by atoms with Crippen LogP contribution in [0.2, 0.25) is 0 Å². The molecule has 1 saturated carbocycles. The summed E-state index contributed by atoms with van der Waals surface area (Å²) in [6, 6.07) is 0. The number of hydrogen-bond donors (Lipinski definition) is 1. The number of ether oxygens (including phenoxy) is 1. The molecule has 0 saturated heterocycles. The number of rotatable bonds is 4. The lowest BCUT2D eigenvalue weighted by atomic mass is 10.1. The lowest BCUT2D eigenvalue weighted by molar-refractivity contribution is -0.146. The Morgan fingerprint density at radius 2 is 2.29 bits per heavy atom. The molecule has 0 atom stereocenters. The zero-order chi connectivity index (χ0) is 12.5. The summed E-state index contributed by atoms with van der Waals surface area (Å²) in [5.74, 6) is -0.543. The molecule has 1 aromatic heterocycles. The van der Waals surface area contributed by atoms with E-state index in [1.54, 1.807) is 6.92 Å². The van der Waals surface area contributed by atoms with Crippen molar-refractivity contribution in [1.82, 2.24) is 10.5 Å². The van der Waals surface area contributed by atoms with Gasteiger partial charge >= 0.3 is 5.97 Å². The van der Waals surface area contributed by atoms with Gasteiger partial charge in [0.15, 0.2) is 0 Å². The smallest absolute Gasteiger partial charge is 0.313 e. The van der Waals surface area contributed by atoms with Crippen LogP contribution in [0.15, 0.2) is 10.8 Å². The van der Waals surface area contributed by atoms with Crippen molar-refractivity contribution in [1.29, 1.82) is 0 Å². The summed E-state index contributed by atoms with van der Waals surface area (Å²) in [6.07, 6.45) is 2.80. The molecule has 6 nitrogen and oxygen atoms in total. The van der Waals surface area contributed by atoms with E-state index in [2.05, 4.69) is 15.0 Å². The molecule has 92 valence electrons. The predicted molar refractivity (Wildman–Crippen MR) is 57.3 cm³/mol. The van der Waals surface area contributed by atoms with Crippen LogP contribution >= 0.6 is 0 Å². The number of amides is 1. The van der Waals surface area contributed by atoms with Crippen LogP contribution in [0.4, 0.5) is 0 Å². The Kier molecular flexibility index (Phi) is 2.87. The summed E-state index contributed by atoms with van der Waals surface area (Å²) in [5.41, 5.74) is 0.409. The fourth-order valence-corrected chi connectivity index (χ4v) is 1.68. The first-order chi connectivity index (χ1) is 8.09. The number of esters is 1. The van der Waals surface area contributed by atoms with Crippen molar-refractivity contribution >= 4 is 11.9 Å². The summed E-state index contributed by atoms with van der Waals surface area (Å²) in [5, 5.41) is 6.33. The maximum absolute atomic E-state index is 11.7. The van der Waals surface area contributed by atoms with Gasteiger partial charge in [0, 0.05) is 6.54 Å². The summed E-state index contributed by atoms with van der Waals surface area (Å²) in [6.45, 7) is 1.98. The van der Waals surface area contributed by atoms with Gasteiger partial charge in [0.1, 0.15) is 11.8 Å².